The van der Waals surface area contributed by atoms with Gasteiger partial charge in [0.05, 0.1) is 15.7 Å². The lowest BCUT2D eigenvalue weighted by atomic mass is 9.79. The van der Waals surface area contributed by atoms with Crippen LogP contribution in [0.2, 0.25) is 10.0 Å². The number of rotatable bonds is 5. The van der Waals surface area contributed by atoms with Crippen LogP contribution in [0.15, 0.2) is 18.2 Å². The van der Waals surface area contributed by atoms with Crippen molar-refractivity contribution < 1.29 is 0 Å². The number of benzene rings is 1. The molecule has 0 unspecified atom stereocenters. The molecule has 134 valence electrons. The maximum atomic E-state index is 6.36. The van der Waals surface area contributed by atoms with Crippen LogP contribution in [-0.2, 0) is 0 Å². The molecule has 1 saturated carbocycles. The molecule has 0 bridgehead atoms. The Morgan fingerprint density at radius 3 is 2.29 bits per heavy atom. The van der Waals surface area contributed by atoms with E-state index in [2.05, 4.69) is 22.8 Å². The van der Waals surface area contributed by atoms with Gasteiger partial charge in [0.15, 0.2) is 0 Å². The lowest BCUT2D eigenvalue weighted by Crippen LogP contribution is -2.47. The third-order valence-corrected chi connectivity index (χ3v) is 6.85. The van der Waals surface area contributed by atoms with E-state index in [1.165, 1.54) is 45.1 Å². The van der Waals surface area contributed by atoms with Crippen molar-refractivity contribution in [2.24, 2.45) is 11.8 Å². The molecule has 2 fully saturated rings. The van der Waals surface area contributed by atoms with Crippen molar-refractivity contribution in [3.63, 3.8) is 0 Å². The molecule has 2 aliphatic rings. The van der Waals surface area contributed by atoms with Gasteiger partial charge in [0.1, 0.15) is 0 Å². The smallest absolute Gasteiger partial charge is 0.0825 e. The minimum Gasteiger partial charge on any atom is -0.368 e. The van der Waals surface area contributed by atoms with Crippen molar-refractivity contribution in [3.8, 4) is 0 Å². The lowest BCUT2D eigenvalue weighted by Gasteiger charge is -2.37. The number of nitrogens with zero attached hydrogens (tertiary/aromatic N) is 2. The van der Waals surface area contributed by atoms with Crippen LogP contribution in [0, 0.1) is 11.8 Å². The standard InChI is InChI=1S/C20H30Cl2N2/c1-2-16-6-8-17(9-7-16)10-11-23-12-14-24(15-13-23)19-5-3-4-18(21)20(19)22/h3-5,16-17H,2,6-15H2,1H3/t16-,17-. The maximum Gasteiger partial charge on any atom is 0.0825 e. The molecule has 0 atom stereocenters. The second-order valence-electron chi connectivity index (χ2n) is 7.49. The predicted octanol–water partition coefficient (Wildman–Crippen LogP) is 5.72. The second kappa shape index (κ2) is 8.78. The van der Waals surface area contributed by atoms with Crippen LogP contribution >= 0.6 is 23.2 Å². The molecule has 1 aliphatic carbocycles. The van der Waals surface area contributed by atoms with E-state index in [0.717, 1.165) is 43.7 Å². The van der Waals surface area contributed by atoms with E-state index < -0.39 is 0 Å². The minimum atomic E-state index is 0.652. The van der Waals surface area contributed by atoms with Crippen LogP contribution in [0.4, 0.5) is 5.69 Å². The van der Waals surface area contributed by atoms with Gasteiger partial charge in [-0.25, -0.2) is 0 Å². The lowest BCUT2D eigenvalue weighted by molar-refractivity contribution is 0.203. The highest BCUT2D eigenvalue weighted by molar-refractivity contribution is 6.43. The monoisotopic (exact) mass is 368 g/mol. The highest BCUT2D eigenvalue weighted by atomic mass is 35.5. The Labute approximate surface area is 157 Å². The fourth-order valence-electron chi connectivity index (χ4n) is 4.24. The van der Waals surface area contributed by atoms with Gasteiger partial charge in [-0.3, -0.25) is 4.90 Å². The molecule has 0 amide bonds. The van der Waals surface area contributed by atoms with Crippen LogP contribution < -0.4 is 4.90 Å². The maximum absolute atomic E-state index is 6.36. The summed E-state index contributed by atoms with van der Waals surface area (Å²) in [6.45, 7) is 7.96. The van der Waals surface area contributed by atoms with E-state index in [1.54, 1.807) is 0 Å². The Hall–Kier alpha value is -0.440. The van der Waals surface area contributed by atoms with E-state index in [1.807, 2.05) is 12.1 Å². The van der Waals surface area contributed by atoms with E-state index in [4.69, 9.17) is 23.2 Å². The van der Waals surface area contributed by atoms with Crippen molar-refractivity contribution in [2.75, 3.05) is 37.6 Å². The van der Waals surface area contributed by atoms with Crippen LogP contribution in [0.3, 0.4) is 0 Å². The molecule has 24 heavy (non-hydrogen) atoms. The topological polar surface area (TPSA) is 6.48 Å². The summed E-state index contributed by atoms with van der Waals surface area (Å²) in [6.07, 6.45) is 8.59. The van der Waals surface area contributed by atoms with Crippen molar-refractivity contribution >= 4 is 28.9 Å². The summed E-state index contributed by atoms with van der Waals surface area (Å²) in [7, 11) is 0. The highest BCUT2D eigenvalue weighted by Gasteiger charge is 2.23. The summed E-state index contributed by atoms with van der Waals surface area (Å²) in [5.74, 6) is 1.97. The van der Waals surface area contributed by atoms with Gasteiger partial charge in [-0.2, -0.15) is 0 Å². The fraction of sp³-hybridized carbons (Fsp3) is 0.700. The van der Waals surface area contributed by atoms with Gasteiger partial charge in [-0.15, -0.1) is 0 Å². The van der Waals surface area contributed by atoms with Crippen molar-refractivity contribution in [1.29, 1.82) is 0 Å². The highest BCUT2D eigenvalue weighted by Crippen LogP contribution is 2.34. The third-order valence-electron chi connectivity index (χ3n) is 6.04. The molecule has 1 heterocycles. The van der Waals surface area contributed by atoms with Crippen LogP contribution in [0.25, 0.3) is 0 Å². The van der Waals surface area contributed by atoms with Crippen LogP contribution in [0.1, 0.15) is 45.4 Å². The van der Waals surface area contributed by atoms with Gasteiger partial charge in [-0.05, 0) is 36.9 Å². The number of anilines is 1. The molecule has 1 aliphatic heterocycles. The summed E-state index contributed by atoms with van der Waals surface area (Å²) < 4.78 is 0. The summed E-state index contributed by atoms with van der Waals surface area (Å²) in [5, 5.41) is 1.35. The zero-order valence-corrected chi connectivity index (χ0v) is 16.3. The second-order valence-corrected chi connectivity index (χ2v) is 8.27. The van der Waals surface area contributed by atoms with Gasteiger partial charge in [-0.1, -0.05) is 68.3 Å². The summed E-state index contributed by atoms with van der Waals surface area (Å²) in [6, 6.07) is 5.93. The Bertz CT molecular complexity index is 518. The Kier molecular flexibility index (Phi) is 6.71. The Balaban J connectivity index is 1.42. The fourth-order valence-corrected chi connectivity index (χ4v) is 4.66. The largest absolute Gasteiger partial charge is 0.368 e. The normalized spacial score (nSPS) is 25.9. The van der Waals surface area contributed by atoms with Gasteiger partial charge >= 0.3 is 0 Å². The molecule has 1 aromatic carbocycles. The van der Waals surface area contributed by atoms with Crippen molar-refractivity contribution in [1.82, 2.24) is 4.90 Å². The SMILES string of the molecule is CC[C@H]1CC[C@H](CCN2CCN(c3cccc(Cl)c3Cl)CC2)CC1. The first kappa shape index (κ1) is 18.4. The molecular formula is C20H30Cl2N2. The average Bonchev–Trinajstić information content (AvgIpc) is 2.63. The molecule has 0 aromatic heterocycles. The molecule has 2 nitrogen and oxygen atoms in total. The summed E-state index contributed by atoms with van der Waals surface area (Å²) >= 11 is 12.5. The van der Waals surface area contributed by atoms with E-state index in [9.17, 15) is 0 Å². The first-order chi connectivity index (χ1) is 11.7. The molecule has 1 saturated heterocycles. The van der Waals surface area contributed by atoms with Gasteiger partial charge < -0.3 is 4.90 Å². The number of hydrogen-bond acceptors (Lipinski definition) is 2. The molecule has 0 radical (unpaired) electrons. The quantitative estimate of drug-likeness (QED) is 0.655. The zero-order valence-electron chi connectivity index (χ0n) is 14.8. The molecule has 0 spiro atoms. The van der Waals surface area contributed by atoms with Crippen molar-refractivity contribution in [3.05, 3.63) is 28.2 Å². The Morgan fingerprint density at radius 1 is 0.958 bits per heavy atom. The molecule has 0 N–H and O–H groups in total. The predicted molar refractivity (Wildman–Crippen MR) is 105 cm³/mol. The summed E-state index contributed by atoms with van der Waals surface area (Å²) in [5.41, 5.74) is 1.08. The molecule has 4 heteroatoms. The first-order valence-corrected chi connectivity index (χ1v) is 10.3. The first-order valence-electron chi connectivity index (χ1n) is 9.58. The third kappa shape index (κ3) is 4.59. The van der Waals surface area contributed by atoms with Gasteiger partial charge in [0.2, 0.25) is 0 Å². The van der Waals surface area contributed by atoms with Crippen LogP contribution in [0.5, 0.6) is 0 Å². The number of piperazine rings is 1. The van der Waals surface area contributed by atoms with E-state index >= 15 is 0 Å². The van der Waals surface area contributed by atoms with Gasteiger partial charge in [0, 0.05) is 26.2 Å². The van der Waals surface area contributed by atoms with E-state index in [0.29, 0.717) is 10.0 Å². The minimum absolute atomic E-state index is 0.652. The molecular weight excluding hydrogens is 339 g/mol. The molecule has 3 rings (SSSR count). The Morgan fingerprint density at radius 2 is 1.62 bits per heavy atom. The molecule has 1 aromatic rings. The van der Waals surface area contributed by atoms with Crippen LogP contribution in [-0.4, -0.2) is 37.6 Å². The van der Waals surface area contributed by atoms with Gasteiger partial charge in [0.25, 0.3) is 0 Å². The number of halogens is 2. The van der Waals surface area contributed by atoms with Crippen molar-refractivity contribution in [2.45, 2.75) is 45.4 Å². The average molecular weight is 369 g/mol. The summed E-state index contributed by atoms with van der Waals surface area (Å²) in [4.78, 5) is 5.00. The number of hydrogen-bond donors (Lipinski definition) is 0. The zero-order chi connectivity index (χ0) is 16.9. The van der Waals surface area contributed by atoms with E-state index in [-0.39, 0.29) is 0 Å².